The van der Waals surface area contributed by atoms with Gasteiger partial charge >= 0.3 is 6.03 Å². The monoisotopic (exact) mass is 340 g/mol. The Kier molecular flexibility index (Phi) is 5.56. The van der Waals surface area contributed by atoms with Crippen LogP contribution in [0.4, 0.5) is 4.79 Å². The van der Waals surface area contributed by atoms with Gasteiger partial charge in [0.15, 0.2) is 0 Å². The third-order valence-electron chi connectivity index (χ3n) is 4.58. The average molecular weight is 340 g/mol. The molecule has 5 nitrogen and oxygen atoms in total. The number of amides is 2. The van der Waals surface area contributed by atoms with Gasteiger partial charge in [0.2, 0.25) is 0 Å². The molecule has 2 aromatic rings. The summed E-state index contributed by atoms with van der Waals surface area (Å²) >= 11 is 0. The Morgan fingerprint density at radius 3 is 2.64 bits per heavy atom. The first-order valence-corrected chi connectivity index (χ1v) is 8.61. The summed E-state index contributed by atoms with van der Waals surface area (Å²) in [6.45, 7) is 2.43. The van der Waals surface area contributed by atoms with Gasteiger partial charge in [-0.05, 0) is 25.0 Å². The largest absolute Gasteiger partial charge is 0.493 e. The van der Waals surface area contributed by atoms with Crippen molar-refractivity contribution in [2.24, 2.45) is 0 Å². The Morgan fingerprint density at radius 2 is 1.88 bits per heavy atom. The molecular weight excluding hydrogens is 316 g/mol. The zero-order valence-corrected chi connectivity index (χ0v) is 14.3. The predicted molar refractivity (Wildman–Crippen MR) is 96.8 cm³/mol. The Hall–Kier alpha value is -2.53. The number of nitrogens with one attached hydrogen (secondary N) is 2. The number of hydrogen-bond acceptors (Lipinski definition) is 3. The van der Waals surface area contributed by atoms with E-state index in [4.69, 9.17) is 4.74 Å². The number of carbonyl (C=O) groups excluding carboxylic acids is 1. The second kappa shape index (κ2) is 8.03. The second-order valence-corrected chi connectivity index (χ2v) is 6.43. The summed E-state index contributed by atoms with van der Waals surface area (Å²) in [5, 5.41) is 15.4. The van der Waals surface area contributed by atoms with Gasteiger partial charge in [0.1, 0.15) is 5.75 Å². The van der Waals surface area contributed by atoms with E-state index in [1.54, 1.807) is 0 Å². The van der Waals surface area contributed by atoms with Crippen molar-refractivity contribution in [2.45, 2.75) is 31.3 Å². The van der Waals surface area contributed by atoms with Crippen LogP contribution in [0.2, 0.25) is 0 Å². The van der Waals surface area contributed by atoms with E-state index in [2.05, 4.69) is 10.6 Å². The standard InChI is InChI=1S/C20H24N2O3/c1-14(18-13-25-19-10-6-5-9-17(18)19)21-20(24)22-16(12-23)11-15-7-3-2-4-8-15/h2-10,14,16,18,23H,11-13H2,1H3,(H2,21,22,24)/t14-,16+,18-/m1/s1. The highest BCUT2D eigenvalue weighted by Crippen LogP contribution is 2.35. The number of benzene rings is 2. The quantitative estimate of drug-likeness (QED) is 0.756. The van der Waals surface area contributed by atoms with Crippen molar-refractivity contribution in [3.05, 3.63) is 65.7 Å². The molecule has 0 aromatic heterocycles. The van der Waals surface area contributed by atoms with E-state index in [1.165, 1.54) is 0 Å². The Balaban J connectivity index is 1.55. The number of rotatable bonds is 6. The molecule has 1 aliphatic heterocycles. The molecular formula is C20H24N2O3. The van der Waals surface area contributed by atoms with Crippen molar-refractivity contribution in [3.63, 3.8) is 0 Å². The van der Waals surface area contributed by atoms with E-state index < -0.39 is 0 Å². The molecule has 1 heterocycles. The lowest BCUT2D eigenvalue weighted by molar-refractivity contribution is 0.211. The van der Waals surface area contributed by atoms with Crippen LogP contribution in [0.15, 0.2) is 54.6 Å². The fourth-order valence-electron chi connectivity index (χ4n) is 3.20. The summed E-state index contributed by atoms with van der Waals surface area (Å²) in [5.41, 5.74) is 2.20. The highest BCUT2D eigenvalue weighted by molar-refractivity contribution is 5.74. The van der Waals surface area contributed by atoms with Crippen molar-refractivity contribution in [3.8, 4) is 5.75 Å². The van der Waals surface area contributed by atoms with Gasteiger partial charge in [0.25, 0.3) is 0 Å². The van der Waals surface area contributed by atoms with Crippen LogP contribution in [0.25, 0.3) is 0 Å². The smallest absolute Gasteiger partial charge is 0.315 e. The van der Waals surface area contributed by atoms with Gasteiger partial charge in [0.05, 0.1) is 19.3 Å². The molecule has 3 rings (SSSR count). The van der Waals surface area contributed by atoms with E-state index in [1.807, 2.05) is 61.5 Å². The van der Waals surface area contributed by atoms with Gasteiger partial charge in [0, 0.05) is 17.5 Å². The number of hydrogen-bond donors (Lipinski definition) is 3. The van der Waals surface area contributed by atoms with Crippen molar-refractivity contribution in [1.29, 1.82) is 0 Å². The maximum atomic E-state index is 12.3. The summed E-state index contributed by atoms with van der Waals surface area (Å²) in [6, 6.07) is 17.1. The van der Waals surface area contributed by atoms with Gasteiger partial charge in [-0.2, -0.15) is 0 Å². The van der Waals surface area contributed by atoms with Crippen LogP contribution in [0.5, 0.6) is 5.75 Å². The highest BCUT2D eigenvalue weighted by atomic mass is 16.5. The van der Waals surface area contributed by atoms with Crippen LogP contribution in [-0.4, -0.2) is 36.4 Å². The average Bonchev–Trinajstić information content (AvgIpc) is 3.06. The minimum Gasteiger partial charge on any atom is -0.493 e. The van der Waals surface area contributed by atoms with Crippen LogP contribution in [-0.2, 0) is 6.42 Å². The first-order chi connectivity index (χ1) is 12.2. The molecule has 0 spiro atoms. The highest BCUT2D eigenvalue weighted by Gasteiger charge is 2.29. The third-order valence-corrected chi connectivity index (χ3v) is 4.58. The lowest BCUT2D eigenvalue weighted by Gasteiger charge is -2.23. The molecule has 0 saturated heterocycles. The van der Waals surface area contributed by atoms with Crippen LogP contribution in [0.3, 0.4) is 0 Å². The lowest BCUT2D eigenvalue weighted by atomic mass is 9.94. The maximum absolute atomic E-state index is 12.3. The third kappa shape index (κ3) is 4.31. The number of fused-ring (bicyclic) bond motifs is 1. The normalized spacial score (nSPS) is 17.9. The van der Waals surface area contributed by atoms with Crippen molar-refractivity contribution < 1.29 is 14.6 Å². The topological polar surface area (TPSA) is 70.6 Å². The lowest BCUT2D eigenvalue weighted by Crippen LogP contribution is -2.49. The molecule has 0 bridgehead atoms. The molecule has 5 heteroatoms. The first kappa shape index (κ1) is 17.3. The Bertz CT molecular complexity index is 705. The van der Waals surface area contributed by atoms with Gasteiger partial charge in [-0.15, -0.1) is 0 Å². The van der Waals surface area contributed by atoms with Crippen LogP contribution >= 0.6 is 0 Å². The maximum Gasteiger partial charge on any atom is 0.315 e. The van der Waals surface area contributed by atoms with Crippen LogP contribution in [0.1, 0.15) is 24.0 Å². The van der Waals surface area contributed by atoms with Crippen LogP contribution in [0, 0.1) is 0 Å². The summed E-state index contributed by atoms with van der Waals surface area (Å²) in [4.78, 5) is 12.3. The van der Waals surface area contributed by atoms with Crippen molar-refractivity contribution >= 4 is 6.03 Å². The zero-order chi connectivity index (χ0) is 17.6. The minimum absolute atomic E-state index is 0.0697. The first-order valence-electron chi connectivity index (χ1n) is 8.61. The number of para-hydroxylation sites is 1. The number of carbonyl (C=O) groups is 1. The fourth-order valence-corrected chi connectivity index (χ4v) is 3.20. The van der Waals surface area contributed by atoms with Crippen LogP contribution < -0.4 is 15.4 Å². The number of aliphatic hydroxyl groups excluding tert-OH is 1. The van der Waals surface area contributed by atoms with E-state index in [-0.39, 0.29) is 30.6 Å². The van der Waals surface area contributed by atoms with Crippen molar-refractivity contribution in [2.75, 3.05) is 13.2 Å². The summed E-state index contributed by atoms with van der Waals surface area (Å²) in [7, 11) is 0. The molecule has 0 radical (unpaired) electrons. The number of urea groups is 1. The summed E-state index contributed by atoms with van der Waals surface area (Å²) in [6.07, 6.45) is 0.592. The SMILES string of the molecule is C[C@@H](NC(=O)N[C@H](CO)Cc1ccccc1)[C@H]1COc2ccccc21. The van der Waals surface area contributed by atoms with E-state index in [0.29, 0.717) is 13.0 Å². The Labute approximate surface area is 148 Å². The van der Waals surface area contributed by atoms with Gasteiger partial charge in [-0.1, -0.05) is 48.5 Å². The molecule has 3 N–H and O–H groups in total. The molecule has 0 aliphatic carbocycles. The molecule has 25 heavy (non-hydrogen) atoms. The molecule has 132 valence electrons. The second-order valence-electron chi connectivity index (χ2n) is 6.43. The van der Waals surface area contributed by atoms with Crippen molar-refractivity contribution in [1.82, 2.24) is 10.6 Å². The molecule has 2 aromatic carbocycles. The molecule has 3 atom stereocenters. The van der Waals surface area contributed by atoms with E-state index in [0.717, 1.165) is 16.9 Å². The fraction of sp³-hybridized carbons (Fsp3) is 0.350. The number of ether oxygens (including phenoxy) is 1. The van der Waals surface area contributed by atoms with Gasteiger partial charge in [-0.3, -0.25) is 0 Å². The van der Waals surface area contributed by atoms with Gasteiger partial charge < -0.3 is 20.5 Å². The number of aliphatic hydroxyl groups is 1. The molecule has 0 unspecified atom stereocenters. The predicted octanol–water partition coefficient (Wildman–Crippen LogP) is 2.45. The minimum atomic E-state index is -0.318. The van der Waals surface area contributed by atoms with E-state index in [9.17, 15) is 9.90 Å². The summed E-state index contributed by atoms with van der Waals surface area (Å²) in [5.74, 6) is 1.02. The van der Waals surface area contributed by atoms with Gasteiger partial charge in [-0.25, -0.2) is 4.79 Å². The molecule has 0 saturated carbocycles. The molecule has 0 fully saturated rings. The summed E-state index contributed by atoms with van der Waals surface area (Å²) < 4.78 is 5.68. The zero-order valence-electron chi connectivity index (χ0n) is 14.3. The molecule has 2 amide bonds. The Morgan fingerprint density at radius 1 is 1.16 bits per heavy atom. The molecule has 1 aliphatic rings. The van der Waals surface area contributed by atoms with E-state index >= 15 is 0 Å².